The maximum absolute atomic E-state index is 4.38. The van der Waals surface area contributed by atoms with Gasteiger partial charge >= 0.3 is 0 Å². The smallest absolute Gasteiger partial charge is 0.134 e. The third kappa shape index (κ3) is 1.64. The van der Waals surface area contributed by atoms with Crippen LogP contribution in [-0.2, 0) is 0 Å². The quantitative estimate of drug-likeness (QED) is 0.691. The van der Waals surface area contributed by atoms with E-state index in [1.54, 1.807) is 11.9 Å². The van der Waals surface area contributed by atoms with Crippen molar-refractivity contribution in [2.24, 2.45) is 0 Å². The van der Waals surface area contributed by atoms with E-state index in [9.17, 15) is 0 Å². The van der Waals surface area contributed by atoms with E-state index in [-0.39, 0.29) is 0 Å². The molecule has 0 aromatic carbocycles. The molecule has 3 nitrogen and oxygen atoms in total. The summed E-state index contributed by atoms with van der Waals surface area (Å²) in [5, 5.41) is 1.08. The Kier molecular flexibility index (Phi) is 2.42. The third-order valence-electron chi connectivity index (χ3n) is 2.12. The van der Waals surface area contributed by atoms with E-state index in [0.717, 1.165) is 18.2 Å². The highest BCUT2D eigenvalue weighted by atomic mass is 32.2. The lowest BCUT2D eigenvalue weighted by Crippen LogP contribution is -2.34. The summed E-state index contributed by atoms with van der Waals surface area (Å²) < 4.78 is 3.24. The Labute approximate surface area is 82.7 Å². The Morgan fingerprint density at radius 2 is 2.54 bits per heavy atom. The zero-order valence-electron chi connectivity index (χ0n) is 7.87. The van der Waals surface area contributed by atoms with Crippen molar-refractivity contribution in [1.29, 1.82) is 0 Å². The first-order valence-corrected chi connectivity index (χ1v) is 5.24. The second-order valence-corrected chi connectivity index (χ2v) is 3.98. The van der Waals surface area contributed by atoms with Gasteiger partial charge in [0.25, 0.3) is 0 Å². The average molecular weight is 195 g/mol. The highest BCUT2D eigenvalue weighted by Crippen LogP contribution is 2.30. The van der Waals surface area contributed by atoms with Gasteiger partial charge in [0.15, 0.2) is 0 Å². The maximum atomic E-state index is 4.38. The fraction of sp³-hybridized carbons (Fsp3) is 0.444. The second-order valence-electron chi connectivity index (χ2n) is 3.10. The second kappa shape index (κ2) is 3.55. The molecule has 0 aliphatic carbocycles. The molecule has 0 fully saturated rings. The van der Waals surface area contributed by atoms with Crippen LogP contribution in [0, 0.1) is 6.92 Å². The van der Waals surface area contributed by atoms with Gasteiger partial charge in [-0.2, -0.15) is 0 Å². The molecule has 0 radical (unpaired) electrons. The number of nitrogens with one attached hydrogen (secondary N) is 1. The van der Waals surface area contributed by atoms with E-state index in [1.807, 2.05) is 6.20 Å². The normalized spacial score (nSPS) is 15.7. The average Bonchev–Trinajstić information content (AvgIpc) is 2.17. The third-order valence-corrected chi connectivity index (χ3v) is 2.90. The summed E-state index contributed by atoms with van der Waals surface area (Å²) in [6, 6.07) is 2.19. The summed E-state index contributed by atoms with van der Waals surface area (Å²) in [5.74, 6) is 0. The molecule has 1 aromatic rings. The number of aryl methyl sites for hydroxylation is 1. The van der Waals surface area contributed by atoms with Gasteiger partial charge in [-0.05, 0) is 37.4 Å². The van der Waals surface area contributed by atoms with E-state index in [0.29, 0.717) is 0 Å². The minimum atomic E-state index is 0.902. The molecule has 4 heteroatoms. The fourth-order valence-corrected chi connectivity index (χ4v) is 2.15. The topological polar surface area (TPSA) is 28.2 Å². The van der Waals surface area contributed by atoms with Crippen molar-refractivity contribution in [2.45, 2.75) is 18.9 Å². The molecule has 1 aliphatic rings. The van der Waals surface area contributed by atoms with Crippen molar-refractivity contribution in [3.05, 3.63) is 17.8 Å². The van der Waals surface area contributed by atoms with E-state index in [1.165, 1.54) is 11.3 Å². The molecule has 0 spiro atoms. The first-order valence-electron chi connectivity index (χ1n) is 4.42. The van der Waals surface area contributed by atoms with Crippen molar-refractivity contribution in [2.75, 3.05) is 18.1 Å². The molecule has 0 unspecified atom stereocenters. The number of hydrogen-bond donors (Lipinski definition) is 1. The molecule has 1 aliphatic heterocycles. The minimum Gasteiger partial charge on any atom is -0.356 e. The summed E-state index contributed by atoms with van der Waals surface area (Å²) in [6.07, 6.45) is 1.91. The van der Waals surface area contributed by atoms with Crippen molar-refractivity contribution in [3.8, 4) is 0 Å². The van der Waals surface area contributed by atoms with Crippen molar-refractivity contribution >= 4 is 17.6 Å². The van der Waals surface area contributed by atoms with Gasteiger partial charge in [-0.1, -0.05) is 0 Å². The first kappa shape index (κ1) is 8.84. The molecular formula is C9H13N3S. The Balaban J connectivity index is 2.41. The summed E-state index contributed by atoms with van der Waals surface area (Å²) in [7, 11) is 0. The molecule has 13 heavy (non-hydrogen) atoms. The van der Waals surface area contributed by atoms with Crippen LogP contribution in [0.3, 0.4) is 0 Å². The Hall–Kier alpha value is -0.740. The summed E-state index contributed by atoms with van der Waals surface area (Å²) >= 11 is 1.61. The Morgan fingerprint density at radius 1 is 1.69 bits per heavy atom. The lowest BCUT2D eigenvalue weighted by Gasteiger charge is -2.29. The van der Waals surface area contributed by atoms with E-state index < -0.39 is 0 Å². The molecule has 1 aromatic heterocycles. The number of anilines is 1. The number of nitrogens with zero attached hydrogens (tertiary/aromatic N) is 2. The van der Waals surface area contributed by atoms with Crippen LogP contribution in [0.4, 0.5) is 5.69 Å². The molecule has 2 heterocycles. The molecule has 2 rings (SSSR count). The summed E-state index contributed by atoms with van der Waals surface area (Å²) in [4.78, 5) is 6.66. The highest BCUT2D eigenvalue weighted by Gasteiger charge is 2.16. The molecule has 1 N–H and O–H groups in total. The SMILES string of the molecule is CCN1CNSc2ncc(C)cc21. The lowest BCUT2D eigenvalue weighted by atomic mass is 10.3. The number of fused-ring (bicyclic) bond motifs is 1. The van der Waals surface area contributed by atoms with Gasteiger partial charge in [0.1, 0.15) is 5.03 Å². The van der Waals surface area contributed by atoms with Gasteiger partial charge < -0.3 is 4.90 Å². The Morgan fingerprint density at radius 3 is 3.31 bits per heavy atom. The number of aromatic nitrogens is 1. The molecule has 70 valence electrons. The van der Waals surface area contributed by atoms with Crippen LogP contribution in [0.15, 0.2) is 17.3 Å². The molecule has 0 saturated heterocycles. The van der Waals surface area contributed by atoms with E-state index in [2.05, 4.69) is 34.5 Å². The van der Waals surface area contributed by atoms with Crippen LogP contribution in [0.25, 0.3) is 0 Å². The number of pyridine rings is 1. The predicted molar refractivity (Wildman–Crippen MR) is 55.9 cm³/mol. The monoisotopic (exact) mass is 195 g/mol. The largest absolute Gasteiger partial charge is 0.356 e. The molecule has 0 bridgehead atoms. The lowest BCUT2D eigenvalue weighted by molar-refractivity contribution is 0.771. The van der Waals surface area contributed by atoms with Crippen molar-refractivity contribution < 1.29 is 0 Å². The summed E-state index contributed by atoms with van der Waals surface area (Å²) in [5.41, 5.74) is 2.48. The zero-order chi connectivity index (χ0) is 9.26. The van der Waals surface area contributed by atoms with Gasteiger partial charge in [-0.25, -0.2) is 9.71 Å². The summed E-state index contributed by atoms with van der Waals surface area (Å²) in [6.45, 7) is 6.16. The maximum Gasteiger partial charge on any atom is 0.134 e. The van der Waals surface area contributed by atoms with Crippen LogP contribution in [0.1, 0.15) is 12.5 Å². The molecule has 0 amide bonds. The van der Waals surface area contributed by atoms with Crippen molar-refractivity contribution in [1.82, 2.24) is 9.71 Å². The van der Waals surface area contributed by atoms with E-state index >= 15 is 0 Å². The van der Waals surface area contributed by atoms with Crippen LogP contribution >= 0.6 is 11.9 Å². The van der Waals surface area contributed by atoms with Gasteiger partial charge in [0, 0.05) is 12.7 Å². The molecule has 0 saturated carbocycles. The van der Waals surface area contributed by atoms with Crippen LogP contribution in [0.2, 0.25) is 0 Å². The van der Waals surface area contributed by atoms with E-state index in [4.69, 9.17) is 0 Å². The predicted octanol–water partition coefficient (Wildman–Crippen LogP) is 1.78. The fourth-order valence-electron chi connectivity index (χ4n) is 1.39. The van der Waals surface area contributed by atoms with Gasteiger partial charge in [-0.15, -0.1) is 0 Å². The first-order chi connectivity index (χ1) is 6.31. The highest BCUT2D eigenvalue weighted by molar-refractivity contribution is 7.97. The van der Waals surface area contributed by atoms with Crippen LogP contribution < -0.4 is 9.62 Å². The number of rotatable bonds is 1. The van der Waals surface area contributed by atoms with Gasteiger partial charge in [0.05, 0.1) is 12.4 Å². The molecule has 0 atom stereocenters. The standard InChI is InChI=1S/C9H13N3S/c1-3-12-6-11-13-9-8(12)4-7(2)5-10-9/h4-5,11H,3,6H2,1-2H3. The van der Waals surface area contributed by atoms with Crippen molar-refractivity contribution in [3.63, 3.8) is 0 Å². The van der Waals surface area contributed by atoms with Gasteiger partial charge in [-0.3, -0.25) is 0 Å². The molecular weight excluding hydrogens is 182 g/mol. The number of hydrogen-bond acceptors (Lipinski definition) is 4. The minimum absolute atomic E-state index is 0.902. The van der Waals surface area contributed by atoms with Gasteiger partial charge in [0.2, 0.25) is 0 Å². The Bertz CT molecular complexity index is 314. The zero-order valence-corrected chi connectivity index (χ0v) is 8.69. The van der Waals surface area contributed by atoms with Crippen LogP contribution in [-0.4, -0.2) is 18.2 Å². The van der Waals surface area contributed by atoms with Crippen LogP contribution in [0.5, 0.6) is 0 Å².